The summed E-state index contributed by atoms with van der Waals surface area (Å²) in [6.07, 6.45) is -0.402. The van der Waals surface area contributed by atoms with Gasteiger partial charge in [0.15, 0.2) is 0 Å². The highest BCUT2D eigenvalue weighted by Gasteiger charge is 2.18. The number of nitrogens with zero attached hydrogens (tertiary/aromatic N) is 1. The zero-order valence-corrected chi connectivity index (χ0v) is 11.5. The summed E-state index contributed by atoms with van der Waals surface area (Å²) in [6.45, 7) is 6.17. The average Bonchev–Trinajstić information content (AvgIpc) is 2.36. The Morgan fingerprint density at radius 3 is 2.17 bits per heavy atom. The van der Waals surface area contributed by atoms with E-state index in [4.69, 9.17) is 9.90 Å². The molecule has 102 valence electrons. The molecule has 0 fully saturated rings. The van der Waals surface area contributed by atoms with Crippen molar-refractivity contribution >= 4 is 5.97 Å². The van der Waals surface area contributed by atoms with Crippen LogP contribution in [0.5, 0.6) is 0 Å². The van der Waals surface area contributed by atoms with Gasteiger partial charge in [-0.2, -0.15) is 0 Å². The van der Waals surface area contributed by atoms with Crippen molar-refractivity contribution < 1.29 is 15.0 Å². The number of benzene rings is 1. The number of aliphatic hydroxyl groups is 1. The highest BCUT2D eigenvalue weighted by Crippen LogP contribution is 2.19. The molecule has 18 heavy (non-hydrogen) atoms. The van der Waals surface area contributed by atoms with Crippen LogP contribution in [0, 0.1) is 0 Å². The minimum Gasteiger partial charge on any atom is -0.481 e. The van der Waals surface area contributed by atoms with E-state index in [9.17, 15) is 5.11 Å². The molecule has 1 aromatic carbocycles. The number of likely N-dealkylation sites (N-methyl/N-ethyl adjacent to an activating group) is 1. The van der Waals surface area contributed by atoms with Crippen molar-refractivity contribution in [2.75, 3.05) is 13.6 Å². The summed E-state index contributed by atoms with van der Waals surface area (Å²) in [5, 5.41) is 17.5. The molecule has 0 radical (unpaired) electrons. The Bertz CT molecular complexity index is 336. The highest BCUT2D eigenvalue weighted by molar-refractivity contribution is 5.62. The standard InChI is InChI=1S/C12H19NO.C2H4O2/c1-4-13(3)10(2)12(14)11-8-6-5-7-9-11;1-2(3)4/h5-10,12,14H,4H2,1-3H3;1H3,(H,3,4). The van der Waals surface area contributed by atoms with Gasteiger partial charge in [0.05, 0.1) is 6.10 Å². The molecule has 2 N–H and O–H groups in total. The first-order valence-electron chi connectivity index (χ1n) is 6.02. The van der Waals surface area contributed by atoms with E-state index in [0.717, 1.165) is 19.0 Å². The Labute approximate surface area is 109 Å². The third kappa shape index (κ3) is 6.37. The van der Waals surface area contributed by atoms with Crippen LogP contribution >= 0.6 is 0 Å². The van der Waals surface area contributed by atoms with Gasteiger partial charge in [-0.1, -0.05) is 37.3 Å². The molecule has 0 amide bonds. The summed E-state index contributed by atoms with van der Waals surface area (Å²) in [6, 6.07) is 9.95. The first kappa shape index (κ1) is 16.6. The molecule has 2 unspecified atom stereocenters. The Kier molecular flexibility index (Phi) is 8.00. The summed E-state index contributed by atoms with van der Waals surface area (Å²) in [4.78, 5) is 11.1. The molecule has 0 spiro atoms. The third-order valence-corrected chi connectivity index (χ3v) is 2.79. The Balaban J connectivity index is 0.000000631. The van der Waals surface area contributed by atoms with Gasteiger partial charge in [-0.25, -0.2) is 0 Å². The van der Waals surface area contributed by atoms with Crippen molar-refractivity contribution in [1.29, 1.82) is 0 Å². The lowest BCUT2D eigenvalue weighted by molar-refractivity contribution is -0.134. The summed E-state index contributed by atoms with van der Waals surface area (Å²) < 4.78 is 0. The van der Waals surface area contributed by atoms with Crippen LogP contribution in [-0.2, 0) is 4.79 Å². The third-order valence-electron chi connectivity index (χ3n) is 2.79. The highest BCUT2D eigenvalue weighted by atomic mass is 16.4. The number of hydrogen-bond acceptors (Lipinski definition) is 3. The molecule has 0 bridgehead atoms. The minimum atomic E-state index is -0.833. The molecule has 0 aliphatic carbocycles. The van der Waals surface area contributed by atoms with E-state index in [1.165, 1.54) is 0 Å². The SMILES string of the molecule is CC(=O)O.CCN(C)C(C)C(O)c1ccccc1. The van der Waals surface area contributed by atoms with E-state index >= 15 is 0 Å². The zero-order chi connectivity index (χ0) is 14.1. The fourth-order valence-corrected chi connectivity index (χ4v) is 1.46. The summed E-state index contributed by atoms with van der Waals surface area (Å²) in [5.41, 5.74) is 0.986. The normalized spacial score (nSPS) is 13.4. The van der Waals surface area contributed by atoms with Gasteiger partial charge in [0.25, 0.3) is 5.97 Å². The number of aliphatic hydroxyl groups excluding tert-OH is 1. The van der Waals surface area contributed by atoms with Gasteiger partial charge in [-0.05, 0) is 26.1 Å². The predicted molar refractivity (Wildman–Crippen MR) is 72.5 cm³/mol. The number of hydrogen-bond donors (Lipinski definition) is 2. The quantitative estimate of drug-likeness (QED) is 0.863. The monoisotopic (exact) mass is 253 g/mol. The number of aliphatic carboxylic acids is 1. The first-order chi connectivity index (χ1) is 8.40. The second-order valence-corrected chi connectivity index (χ2v) is 4.19. The van der Waals surface area contributed by atoms with E-state index in [0.29, 0.717) is 0 Å². The second-order valence-electron chi connectivity index (χ2n) is 4.19. The molecule has 0 aliphatic rings. The molecule has 2 atom stereocenters. The van der Waals surface area contributed by atoms with Crippen LogP contribution in [0.1, 0.15) is 32.4 Å². The molecule has 1 aromatic rings. The van der Waals surface area contributed by atoms with Crippen molar-refractivity contribution in [2.24, 2.45) is 0 Å². The van der Waals surface area contributed by atoms with Crippen LogP contribution in [0.4, 0.5) is 0 Å². The summed E-state index contributed by atoms with van der Waals surface area (Å²) >= 11 is 0. The Hall–Kier alpha value is -1.39. The maximum absolute atomic E-state index is 10.0. The molecule has 4 nitrogen and oxygen atoms in total. The van der Waals surface area contributed by atoms with E-state index in [2.05, 4.69) is 11.8 Å². The van der Waals surface area contributed by atoms with Crippen molar-refractivity contribution in [2.45, 2.75) is 32.9 Å². The summed E-state index contributed by atoms with van der Waals surface area (Å²) in [5.74, 6) is -0.833. The maximum atomic E-state index is 10.0. The van der Waals surface area contributed by atoms with Crippen LogP contribution in [0.3, 0.4) is 0 Å². The number of carbonyl (C=O) groups is 1. The molecule has 0 aliphatic heterocycles. The molecular weight excluding hydrogens is 230 g/mol. The molecule has 0 aromatic heterocycles. The fraction of sp³-hybridized carbons (Fsp3) is 0.500. The van der Waals surface area contributed by atoms with Crippen LogP contribution < -0.4 is 0 Å². The van der Waals surface area contributed by atoms with Crippen molar-refractivity contribution in [3.05, 3.63) is 35.9 Å². The van der Waals surface area contributed by atoms with Gasteiger partial charge >= 0.3 is 0 Å². The molecule has 0 saturated heterocycles. The second kappa shape index (κ2) is 8.66. The smallest absolute Gasteiger partial charge is 0.300 e. The Morgan fingerprint density at radius 1 is 1.33 bits per heavy atom. The molecule has 4 heteroatoms. The lowest BCUT2D eigenvalue weighted by atomic mass is 10.0. The van der Waals surface area contributed by atoms with Crippen molar-refractivity contribution in [3.63, 3.8) is 0 Å². The zero-order valence-electron chi connectivity index (χ0n) is 11.5. The van der Waals surface area contributed by atoms with Gasteiger partial charge in [-0.15, -0.1) is 0 Å². The predicted octanol–water partition coefficient (Wildman–Crippen LogP) is 2.15. The molecular formula is C14H23NO3. The minimum absolute atomic E-state index is 0.155. The van der Waals surface area contributed by atoms with Crippen molar-refractivity contribution in [3.8, 4) is 0 Å². The van der Waals surface area contributed by atoms with Gasteiger partial charge < -0.3 is 15.1 Å². The van der Waals surface area contributed by atoms with Crippen molar-refractivity contribution in [1.82, 2.24) is 4.90 Å². The van der Waals surface area contributed by atoms with E-state index in [-0.39, 0.29) is 6.04 Å². The van der Waals surface area contributed by atoms with Crippen LogP contribution in [0.25, 0.3) is 0 Å². The lowest BCUT2D eigenvalue weighted by Crippen LogP contribution is -2.34. The van der Waals surface area contributed by atoms with Gasteiger partial charge in [-0.3, -0.25) is 4.79 Å². The number of carboxylic acid groups (broad SMARTS) is 1. The largest absolute Gasteiger partial charge is 0.481 e. The molecule has 0 heterocycles. The lowest BCUT2D eigenvalue weighted by Gasteiger charge is -2.27. The summed E-state index contributed by atoms with van der Waals surface area (Å²) in [7, 11) is 2.02. The van der Waals surface area contributed by atoms with Gasteiger partial charge in [0.2, 0.25) is 0 Å². The topological polar surface area (TPSA) is 60.8 Å². The van der Waals surface area contributed by atoms with Crippen LogP contribution in [0.2, 0.25) is 0 Å². The number of rotatable bonds is 4. The molecule has 0 saturated carbocycles. The maximum Gasteiger partial charge on any atom is 0.300 e. The first-order valence-corrected chi connectivity index (χ1v) is 6.02. The van der Waals surface area contributed by atoms with Gasteiger partial charge in [0.1, 0.15) is 0 Å². The Morgan fingerprint density at radius 2 is 1.78 bits per heavy atom. The average molecular weight is 253 g/mol. The molecule has 1 rings (SSSR count). The van der Waals surface area contributed by atoms with E-state index < -0.39 is 12.1 Å². The van der Waals surface area contributed by atoms with E-state index in [1.807, 2.05) is 44.3 Å². The fourth-order valence-electron chi connectivity index (χ4n) is 1.46. The van der Waals surface area contributed by atoms with Gasteiger partial charge in [0, 0.05) is 13.0 Å². The van der Waals surface area contributed by atoms with E-state index in [1.54, 1.807) is 0 Å². The van der Waals surface area contributed by atoms with Crippen LogP contribution in [0.15, 0.2) is 30.3 Å². The van der Waals surface area contributed by atoms with Crippen LogP contribution in [-0.4, -0.2) is 40.7 Å². The number of carboxylic acids is 1.